The molecule has 0 bridgehead atoms. The fourth-order valence-corrected chi connectivity index (χ4v) is 1.96. The van der Waals surface area contributed by atoms with Crippen LogP contribution in [-0.4, -0.2) is 48.8 Å². The van der Waals surface area contributed by atoms with E-state index in [0.29, 0.717) is 12.5 Å². The lowest BCUT2D eigenvalue weighted by atomic mass is 10.00. The van der Waals surface area contributed by atoms with E-state index in [1.54, 1.807) is 13.2 Å². The second-order valence-electron chi connectivity index (χ2n) is 6.17. The first kappa shape index (κ1) is 19.1. The van der Waals surface area contributed by atoms with E-state index < -0.39 is 36.0 Å². The smallest absolute Gasteiger partial charge is 0.253 e. The maximum Gasteiger partial charge on any atom is 0.253 e. The van der Waals surface area contributed by atoms with E-state index in [9.17, 15) is 19.2 Å². The van der Waals surface area contributed by atoms with Gasteiger partial charge in [-0.25, -0.2) is 0 Å². The molecule has 0 aromatic rings. The molecule has 4 atom stereocenters. The third-order valence-electron chi connectivity index (χ3n) is 3.60. The molecule has 3 amide bonds. The number of hydrogen-bond acceptors (Lipinski definition) is 5. The molecule has 0 spiro atoms. The van der Waals surface area contributed by atoms with Crippen molar-refractivity contribution in [2.45, 2.75) is 51.9 Å². The number of primary amides is 1. The molecule has 129 valence electrons. The van der Waals surface area contributed by atoms with Gasteiger partial charge in [-0.05, 0) is 18.8 Å². The Labute approximate surface area is 135 Å². The fourth-order valence-electron chi connectivity index (χ4n) is 1.96. The zero-order valence-electron chi connectivity index (χ0n) is 13.6. The normalized spacial score (nSPS) is 22.1. The Morgan fingerprint density at radius 2 is 1.91 bits per heavy atom. The molecule has 0 aromatic heterocycles. The molecule has 23 heavy (non-hydrogen) atoms. The number of rotatable bonds is 10. The molecule has 8 nitrogen and oxygen atoms in total. The maximum atomic E-state index is 12.2. The molecule has 1 fully saturated rings. The monoisotopic (exact) mass is 326 g/mol. The zero-order valence-corrected chi connectivity index (χ0v) is 13.6. The predicted octanol–water partition coefficient (Wildman–Crippen LogP) is -0.978. The second-order valence-corrected chi connectivity index (χ2v) is 6.17. The Morgan fingerprint density at radius 1 is 1.26 bits per heavy atom. The zero-order chi connectivity index (χ0) is 17.6. The summed E-state index contributed by atoms with van der Waals surface area (Å²) in [6, 6.07) is -0.909. The van der Waals surface area contributed by atoms with Crippen LogP contribution in [0, 0.1) is 11.8 Å². The summed E-state index contributed by atoms with van der Waals surface area (Å²) in [5.41, 5.74) is 5.21. The molecule has 0 saturated carbocycles. The number of hydrogen-bond donors (Lipinski definition) is 3. The van der Waals surface area contributed by atoms with Gasteiger partial charge in [-0.15, -0.1) is 0 Å². The first-order valence-electron chi connectivity index (χ1n) is 7.66. The van der Waals surface area contributed by atoms with E-state index in [1.807, 2.05) is 13.8 Å². The van der Waals surface area contributed by atoms with Gasteiger partial charge in [-0.3, -0.25) is 19.2 Å². The molecule has 1 aliphatic heterocycles. The minimum Gasteiger partial charge on any atom is -0.369 e. The highest BCUT2D eigenvalue weighted by Gasteiger charge is 2.46. The predicted molar refractivity (Wildman–Crippen MR) is 81.7 cm³/mol. The highest BCUT2D eigenvalue weighted by molar-refractivity contribution is 5.93. The van der Waals surface area contributed by atoms with Crippen LogP contribution >= 0.6 is 0 Å². The van der Waals surface area contributed by atoms with Crippen LogP contribution in [0.2, 0.25) is 0 Å². The number of carbonyl (C=O) groups excluding carboxylic acids is 4. The fraction of sp³-hybridized carbons (Fsp3) is 0.733. The number of nitrogens with two attached hydrogens (primary N) is 1. The van der Waals surface area contributed by atoms with E-state index in [-0.39, 0.29) is 12.3 Å². The molecule has 0 aromatic carbocycles. The van der Waals surface area contributed by atoms with Gasteiger partial charge in [0.05, 0.1) is 0 Å². The third-order valence-corrected chi connectivity index (χ3v) is 3.60. The summed E-state index contributed by atoms with van der Waals surface area (Å²) in [6.45, 7) is 6.11. The maximum absolute atomic E-state index is 12.2. The SMILES string of the molecule is CC(C)CCNC(=O)C(CC(C)C(N)=O)NC(=O)C1OC1[C]=O. The van der Waals surface area contributed by atoms with Crippen molar-refractivity contribution >= 4 is 24.0 Å². The number of amides is 3. The molecular weight excluding hydrogens is 302 g/mol. The molecule has 1 aliphatic rings. The molecule has 1 rings (SSSR count). The van der Waals surface area contributed by atoms with E-state index in [2.05, 4.69) is 10.6 Å². The second kappa shape index (κ2) is 8.61. The Morgan fingerprint density at radius 3 is 2.39 bits per heavy atom. The quantitative estimate of drug-likeness (QED) is 0.444. The van der Waals surface area contributed by atoms with Crippen LogP contribution in [0.5, 0.6) is 0 Å². The number of carbonyl (C=O) groups is 3. The topological polar surface area (TPSA) is 131 Å². The third kappa shape index (κ3) is 6.35. The van der Waals surface area contributed by atoms with Crippen molar-refractivity contribution in [3.05, 3.63) is 0 Å². The minimum absolute atomic E-state index is 0.0801. The summed E-state index contributed by atoms with van der Waals surface area (Å²) in [7, 11) is 0. The molecule has 1 saturated heterocycles. The van der Waals surface area contributed by atoms with Gasteiger partial charge in [0, 0.05) is 12.5 Å². The van der Waals surface area contributed by atoms with Crippen LogP contribution in [0.3, 0.4) is 0 Å². The van der Waals surface area contributed by atoms with Crippen molar-refractivity contribution in [2.75, 3.05) is 6.54 Å². The van der Waals surface area contributed by atoms with Gasteiger partial charge in [-0.2, -0.15) is 0 Å². The van der Waals surface area contributed by atoms with Crippen molar-refractivity contribution in [3.63, 3.8) is 0 Å². The van der Waals surface area contributed by atoms with Gasteiger partial charge in [0.15, 0.2) is 12.2 Å². The Balaban J connectivity index is 2.60. The summed E-state index contributed by atoms with van der Waals surface area (Å²) in [5, 5.41) is 5.23. The largest absolute Gasteiger partial charge is 0.369 e. The Bertz CT molecular complexity index is 466. The lowest BCUT2D eigenvalue weighted by Crippen LogP contribution is -2.50. The Kier molecular flexibility index (Phi) is 7.15. The molecule has 0 aliphatic carbocycles. The van der Waals surface area contributed by atoms with Gasteiger partial charge < -0.3 is 21.1 Å². The van der Waals surface area contributed by atoms with Gasteiger partial charge in [0.1, 0.15) is 6.04 Å². The number of ether oxygens (including phenoxy) is 1. The van der Waals surface area contributed by atoms with Gasteiger partial charge in [0.25, 0.3) is 5.91 Å². The van der Waals surface area contributed by atoms with Gasteiger partial charge in [-0.1, -0.05) is 20.8 Å². The first-order chi connectivity index (χ1) is 10.8. The van der Waals surface area contributed by atoms with Crippen molar-refractivity contribution in [1.29, 1.82) is 0 Å². The first-order valence-corrected chi connectivity index (χ1v) is 7.66. The van der Waals surface area contributed by atoms with Crippen LogP contribution in [0.25, 0.3) is 0 Å². The highest BCUT2D eigenvalue weighted by atomic mass is 16.6. The average Bonchev–Trinajstić information content (AvgIpc) is 3.25. The van der Waals surface area contributed by atoms with Crippen molar-refractivity contribution < 1.29 is 23.9 Å². The number of epoxide rings is 1. The van der Waals surface area contributed by atoms with E-state index >= 15 is 0 Å². The minimum atomic E-state index is -0.914. The number of nitrogens with one attached hydrogen (secondary N) is 2. The van der Waals surface area contributed by atoms with Crippen molar-refractivity contribution in [1.82, 2.24) is 10.6 Å². The summed E-state index contributed by atoms with van der Waals surface area (Å²) in [6.07, 6.45) is 0.652. The lowest BCUT2D eigenvalue weighted by Gasteiger charge is -2.20. The van der Waals surface area contributed by atoms with Crippen LogP contribution in [0.15, 0.2) is 0 Å². The molecule has 8 heteroatoms. The van der Waals surface area contributed by atoms with Crippen LogP contribution < -0.4 is 16.4 Å². The molecule has 1 heterocycles. The molecule has 4 N–H and O–H groups in total. The highest BCUT2D eigenvalue weighted by Crippen LogP contribution is 2.20. The summed E-state index contributed by atoms with van der Waals surface area (Å²) in [4.78, 5) is 45.7. The lowest BCUT2D eigenvalue weighted by molar-refractivity contribution is -0.130. The van der Waals surface area contributed by atoms with E-state index in [1.165, 1.54) is 0 Å². The van der Waals surface area contributed by atoms with Crippen LogP contribution in [0.4, 0.5) is 0 Å². The summed E-state index contributed by atoms with van der Waals surface area (Å²) < 4.78 is 4.81. The average molecular weight is 326 g/mol. The molecular formula is C15H24N3O5. The van der Waals surface area contributed by atoms with Gasteiger partial charge in [0.2, 0.25) is 18.1 Å². The summed E-state index contributed by atoms with van der Waals surface area (Å²) in [5.74, 6) is -1.67. The molecule has 1 radical (unpaired) electrons. The van der Waals surface area contributed by atoms with Gasteiger partial charge >= 0.3 is 0 Å². The summed E-state index contributed by atoms with van der Waals surface area (Å²) >= 11 is 0. The van der Waals surface area contributed by atoms with E-state index in [4.69, 9.17) is 10.5 Å². The van der Waals surface area contributed by atoms with Crippen molar-refractivity contribution in [2.24, 2.45) is 17.6 Å². The molecule has 4 unspecified atom stereocenters. The van der Waals surface area contributed by atoms with E-state index in [0.717, 1.165) is 6.42 Å². The van der Waals surface area contributed by atoms with Crippen LogP contribution in [-0.2, 0) is 23.9 Å². The standard InChI is InChI=1S/C15H24N3O5/c1-8(2)4-5-17-14(21)10(6-9(3)13(16)20)18-15(22)12-11(7-19)23-12/h8-12H,4-6H2,1-3H3,(H2,16,20)(H,17,21)(H,18,22). The van der Waals surface area contributed by atoms with Crippen molar-refractivity contribution in [3.8, 4) is 0 Å². The van der Waals surface area contributed by atoms with Crippen LogP contribution in [0.1, 0.15) is 33.6 Å². The Hall–Kier alpha value is -1.96.